The molecule has 0 unspecified atom stereocenters. The van der Waals surface area contributed by atoms with E-state index in [2.05, 4.69) is 6.92 Å². The number of hydrogen-bond acceptors (Lipinski definition) is 5. The lowest BCUT2D eigenvalue weighted by atomic mass is 9.94. The van der Waals surface area contributed by atoms with Crippen LogP contribution in [0.2, 0.25) is 0 Å². The first kappa shape index (κ1) is 23.8. The summed E-state index contributed by atoms with van der Waals surface area (Å²) in [6.45, 7) is 4.66. The fourth-order valence-corrected chi connectivity index (χ4v) is 6.24. The molecule has 7 heteroatoms. The molecule has 0 N–H and O–H groups in total. The van der Waals surface area contributed by atoms with Crippen molar-refractivity contribution in [3.05, 3.63) is 70.8 Å². The lowest BCUT2D eigenvalue weighted by Gasteiger charge is -2.29. The Morgan fingerprint density at radius 1 is 1.14 bits per heavy atom. The van der Waals surface area contributed by atoms with Gasteiger partial charge in [-0.1, -0.05) is 61.4 Å². The van der Waals surface area contributed by atoms with Crippen molar-refractivity contribution in [1.82, 2.24) is 14.7 Å². The van der Waals surface area contributed by atoms with Gasteiger partial charge in [0.15, 0.2) is 0 Å². The van der Waals surface area contributed by atoms with Crippen LogP contribution in [0.15, 0.2) is 59.6 Å². The maximum atomic E-state index is 13.4. The second-order valence-corrected chi connectivity index (χ2v) is 10.6. The molecule has 2 fully saturated rings. The normalized spacial score (nSPS) is 18.0. The molecule has 0 bridgehead atoms. The first-order chi connectivity index (χ1) is 17.0. The highest BCUT2D eigenvalue weighted by molar-refractivity contribution is 8.26. The molecular formula is C28H29N3O2S2. The van der Waals surface area contributed by atoms with E-state index in [4.69, 9.17) is 22.1 Å². The van der Waals surface area contributed by atoms with Crippen LogP contribution in [0.25, 0.3) is 23.0 Å². The molecule has 3 aromatic rings. The maximum Gasteiger partial charge on any atom is 0.266 e. The first-order valence-corrected chi connectivity index (χ1v) is 13.4. The van der Waals surface area contributed by atoms with Gasteiger partial charge in [0.1, 0.15) is 15.8 Å². The van der Waals surface area contributed by atoms with E-state index in [1.807, 2.05) is 77.3 Å². The molecule has 1 saturated heterocycles. The SMILES string of the molecule is CCOc1ccc(-c2nn(-c3ccccc3)cc2/C=C2\SC(=S)N(C3CCCCC3)C2=O)c(C)c1. The van der Waals surface area contributed by atoms with Gasteiger partial charge in [0.05, 0.1) is 17.2 Å². The molecule has 1 saturated carbocycles. The summed E-state index contributed by atoms with van der Waals surface area (Å²) in [7, 11) is 0. The number of thioether (sulfide) groups is 1. The minimum absolute atomic E-state index is 0.0220. The summed E-state index contributed by atoms with van der Waals surface area (Å²) in [6, 6.07) is 16.3. The van der Waals surface area contributed by atoms with E-state index in [-0.39, 0.29) is 11.9 Å². The zero-order valence-corrected chi connectivity index (χ0v) is 21.7. The lowest BCUT2D eigenvalue weighted by Crippen LogP contribution is -2.39. The molecule has 2 aromatic carbocycles. The van der Waals surface area contributed by atoms with Gasteiger partial charge < -0.3 is 4.74 Å². The van der Waals surface area contributed by atoms with Crippen LogP contribution in [-0.2, 0) is 4.79 Å². The van der Waals surface area contributed by atoms with E-state index in [9.17, 15) is 4.79 Å². The third-order valence-electron chi connectivity index (χ3n) is 6.58. The average molecular weight is 504 g/mol. The molecule has 2 heterocycles. The summed E-state index contributed by atoms with van der Waals surface area (Å²) in [5, 5.41) is 4.95. The number of ether oxygens (including phenoxy) is 1. The number of aromatic nitrogens is 2. The quantitative estimate of drug-likeness (QED) is 0.274. The Kier molecular flexibility index (Phi) is 7.07. The van der Waals surface area contributed by atoms with Gasteiger partial charge >= 0.3 is 0 Å². The Morgan fingerprint density at radius 3 is 2.63 bits per heavy atom. The van der Waals surface area contributed by atoms with E-state index in [1.54, 1.807) is 0 Å². The summed E-state index contributed by atoms with van der Waals surface area (Å²) < 4.78 is 8.22. The fraction of sp³-hybridized carbons (Fsp3) is 0.321. The van der Waals surface area contributed by atoms with Gasteiger partial charge in [-0.15, -0.1) is 0 Å². The maximum absolute atomic E-state index is 13.4. The summed E-state index contributed by atoms with van der Waals surface area (Å²) in [4.78, 5) is 16.0. The van der Waals surface area contributed by atoms with Crippen LogP contribution in [-0.4, -0.2) is 37.6 Å². The van der Waals surface area contributed by atoms with Gasteiger partial charge in [-0.25, -0.2) is 4.68 Å². The van der Waals surface area contributed by atoms with Crippen molar-refractivity contribution in [2.75, 3.05) is 6.61 Å². The van der Waals surface area contributed by atoms with E-state index in [1.165, 1.54) is 18.2 Å². The van der Waals surface area contributed by atoms with Gasteiger partial charge in [-0.3, -0.25) is 9.69 Å². The molecule has 5 nitrogen and oxygen atoms in total. The zero-order valence-electron chi connectivity index (χ0n) is 20.1. The number of carbonyl (C=O) groups excluding carboxylic acids is 1. The Balaban J connectivity index is 1.55. The van der Waals surface area contributed by atoms with Crippen LogP contribution in [0.3, 0.4) is 0 Å². The Bertz CT molecular complexity index is 1280. The molecule has 0 radical (unpaired) electrons. The molecule has 180 valence electrons. The third-order valence-corrected chi connectivity index (χ3v) is 7.91. The summed E-state index contributed by atoms with van der Waals surface area (Å²) in [5.41, 5.74) is 4.77. The summed E-state index contributed by atoms with van der Waals surface area (Å²) >= 11 is 7.06. The second kappa shape index (κ2) is 10.4. The van der Waals surface area contributed by atoms with Crippen molar-refractivity contribution in [3.8, 4) is 22.7 Å². The van der Waals surface area contributed by atoms with Crippen LogP contribution in [0.5, 0.6) is 5.75 Å². The van der Waals surface area contributed by atoms with Crippen LogP contribution < -0.4 is 4.74 Å². The van der Waals surface area contributed by atoms with Crippen LogP contribution in [0.4, 0.5) is 0 Å². The number of hydrogen-bond donors (Lipinski definition) is 0. The minimum Gasteiger partial charge on any atom is -0.494 e. The molecular weight excluding hydrogens is 474 g/mol. The van der Waals surface area contributed by atoms with E-state index >= 15 is 0 Å². The molecule has 1 amide bonds. The Hall–Kier alpha value is -2.90. The van der Waals surface area contributed by atoms with Gasteiger partial charge in [0, 0.05) is 23.4 Å². The number of aryl methyl sites for hydroxylation is 1. The van der Waals surface area contributed by atoms with Crippen molar-refractivity contribution in [1.29, 1.82) is 0 Å². The van der Waals surface area contributed by atoms with Crippen molar-refractivity contribution in [2.24, 2.45) is 0 Å². The van der Waals surface area contributed by atoms with Crippen LogP contribution in [0, 0.1) is 6.92 Å². The predicted molar refractivity (Wildman–Crippen MR) is 147 cm³/mol. The second-order valence-electron chi connectivity index (χ2n) is 8.97. The van der Waals surface area contributed by atoms with Crippen molar-refractivity contribution in [2.45, 2.75) is 52.0 Å². The highest BCUT2D eigenvalue weighted by Gasteiger charge is 2.37. The van der Waals surface area contributed by atoms with E-state index in [0.717, 1.165) is 59.5 Å². The minimum atomic E-state index is 0.0220. The zero-order chi connectivity index (χ0) is 24.4. The standard InChI is InChI=1S/C28H29N3O2S2/c1-3-33-23-14-15-24(19(2)16-23)26-20(18-30(29-26)21-10-6-4-7-11-21)17-25-27(32)31(28(34)35-25)22-12-8-5-9-13-22/h4,6-7,10-11,14-18,22H,3,5,8-9,12-13H2,1-2H3/b25-17-. The lowest BCUT2D eigenvalue weighted by molar-refractivity contribution is -0.124. The monoisotopic (exact) mass is 503 g/mol. The van der Waals surface area contributed by atoms with Crippen LogP contribution >= 0.6 is 24.0 Å². The Morgan fingerprint density at radius 2 is 1.91 bits per heavy atom. The number of para-hydroxylation sites is 1. The molecule has 1 aromatic heterocycles. The number of benzene rings is 2. The highest BCUT2D eigenvalue weighted by atomic mass is 32.2. The van der Waals surface area contributed by atoms with Crippen LogP contribution in [0.1, 0.15) is 50.2 Å². The molecule has 0 atom stereocenters. The largest absolute Gasteiger partial charge is 0.494 e. The van der Waals surface area contributed by atoms with Gasteiger partial charge in [0.25, 0.3) is 5.91 Å². The fourth-order valence-electron chi connectivity index (χ4n) is 4.85. The summed E-state index contributed by atoms with van der Waals surface area (Å²) in [6.07, 6.45) is 9.57. The molecule has 2 aliphatic rings. The van der Waals surface area contributed by atoms with Gasteiger partial charge in [-0.05, 0) is 68.7 Å². The highest BCUT2D eigenvalue weighted by Crippen LogP contribution is 2.39. The topological polar surface area (TPSA) is 47.4 Å². The summed E-state index contributed by atoms with van der Waals surface area (Å²) in [5.74, 6) is 0.861. The number of rotatable bonds is 6. The van der Waals surface area contributed by atoms with E-state index in [0.29, 0.717) is 15.8 Å². The number of thiocarbonyl (C=S) groups is 1. The molecule has 35 heavy (non-hydrogen) atoms. The van der Waals surface area contributed by atoms with Gasteiger partial charge in [-0.2, -0.15) is 5.10 Å². The molecule has 1 aliphatic heterocycles. The Labute approximate surface area is 216 Å². The molecule has 0 spiro atoms. The smallest absolute Gasteiger partial charge is 0.266 e. The molecule has 5 rings (SSSR count). The third kappa shape index (κ3) is 4.93. The number of nitrogens with zero attached hydrogens (tertiary/aromatic N) is 3. The van der Waals surface area contributed by atoms with Crippen molar-refractivity contribution < 1.29 is 9.53 Å². The number of carbonyl (C=O) groups is 1. The van der Waals surface area contributed by atoms with Gasteiger partial charge in [0.2, 0.25) is 0 Å². The van der Waals surface area contributed by atoms with E-state index < -0.39 is 0 Å². The number of amides is 1. The van der Waals surface area contributed by atoms with Crippen molar-refractivity contribution in [3.63, 3.8) is 0 Å². The molecule has 1 aliphatic carbocycles. The average Bonchev–Trinajstić information content (AvgIpc) is 3.41. The predicted octanol–water partition coefficient (Wildman–Crippen LogP) is 6.78. The van der Waals surface area contributed by atoms with Crippen molar-refractivity contribution >= 4 is 40.3 Å². The first-order valence-electron chi connectivity index (χ1n) is 12.2.